The van der Waals surface area contributed by atoms with E-state index in [-0.39, 0.29) is 24.4 Å². The standard InChI is InChI=1S/C19H20N2O5/c1-26-19(23)16(13-15-9-5-6-10-17(15)21(24)25)20-18(22)12-11-14-7-3-2-4-8-14/h2-10,16H,11-13H2,1H3,(H,20,22)/t16-/m0/s1. The molecule has 136 valence electrons. The number of nitrogens with zero attached hydrogens (tertiary/aromatic N) is 1. The molecule has 0 radical (unpaired) electrons. The van der Waals surface area contributed by atoms with Crippen molar-refractivity contribution >= 4 is 17.6 Å². The molecule has 2 aromatic carbocycles. The Balaban J connectivity index is 2.04. The second kappa shape index (κ2) is 9.31. The van der Waals surface area contributed by atoms with Crippen LogP contribution in [-0.2, 0) is 27.2 Å². The molecule has 1 amide bonds. The summed E-state index contributed by atoms with van der Waals surface area (Å²) >= 11 is 0. The van der Waals surface area contributed by atoms with Gasteiger partial charge in [0, 0.05) is 24.5 Å². The van der Waals surface area contributed by atoms with E-state index in [2.05, 4.69) is 5.32 Å². The number of rotatable bonds is 8. The molecule has 0 aliphatic heterocycles. The summed E-state index contributed by atoms with van der Waals surface area (Å²) in [6.07, 6.45) is 0.724. The third kappa shape index (κ3) is 5.41. The number of para-hydroxylation sites is 1. The Hall–Kier alpha value is -3.22. The van der Waals surface area contributed by atoms with Crippen LogP contribution in [0, 0.1) is 10.1 Å². The minimum atomic E-state index is -0.982. The van der Waals surface area contributed by atoms with Gasteiger partial charge in [0.05, 0.1) is 12.0 Å². The Morgan fingerprint density at radius 2 is 1.77 bits per heavy atom. The molecule has 0 aromatic heterocycles. The lowest BCUT2D eigenvalue weighted by Crippen LogP contribution is -2.43. The lowest BCUT2D eigenvalue weighted by atomic mass is 10.0. The highest BCUT2D eigenvalue weighted by atomic mass is 16.6. The van der Waals surface area contributed by atoms with Gasteiger partial charge >= 0.3 is 5.97 Å². The molecule has 1 atom stereocenters. The van der Waals surface area contributed by atoms with Gasteiger partial charge in [-0.15, -0.1) is 0 Å². The minimum absolute atomic E-state index is 0.0130. The molecule has 7 nitrogen and oxygen atoms in total. The maximum absolute atomic E-state index is 12.2. The number of carbonyl (C=O) groups is 2. The molecule has 0 saturated carbocycles. The summed E-state index contributed by atoms with van der Waals surface area (Å²) < 4.78 is 4.73. The highest BCUT2D eigenvalue weighted by molar-refractivity contribution is 5.84. The molecule has 2 rings (SSSR count). The molecule has 0 aliphatic carbocycles. The fourth-order valence-corrected chi connectivity index (χ4v) is 2.59. The average molecular weight is 356 g/mol. The Kier molecular flexibility index (Phi) is 6.84. The van der Waals surface area contributed by atoms with E-state index >= 15 is 0 Å². The van der Waals surface area contributed by atoms with Crippen LogP contribution in [0.25, 0.3) is 0 Å². The first-order chi connectivity index (χ1) is 12.5. The number of ether oxygens (including phenoxy) is 1. The van der Waals surface area contributed by atoms with Crippen LogP contribution >= 0.6 is 0 Å². The van der Waals surface area contributed by atoms with Crippen LogP contribution in [0.15, 0.2) is 54.6 Å². The van der Waals surface area contributed by atoms with Gasteiger partial charge < -0.3 is 10.1 Å². The lowest BCUT2D eigenvalue weighted by Gasteiger charge is -2.16. The fourth-order valence-electron chi connectivity index (χ4n) is 2.59. The second-order valence-corrected chi connectivity index (χ2v) is 5.72. The number of methoxy groups -OCH3 is 1. The third-order valence-electron chi connectivity index (χ3n) is 3.92. The Morgan fingerprint density at radius 3 is 2.42 bits per heavy atom. The molecule has 0 saturated heterocycles. The summed E-state index contributed by atoms with van der Waals surface area (Å²) in [5.41, 5.74) is 1.27. The molecule has 1 N–H and O–H groups in total. The predicted octanol–water partition coefficient (Wildman–Crippen LogP) is 2.43. The highest BCUT2D eigenvalue weighted by Crippen LogP contribution is 2.19. The Morgan fingerprint density at radius 1 is 1.12 bits per heavy atom. The van der Waals surface area contributed by atoms with E-state index in [1.807, 2.05) is 30.3 Å². The van der Waals surface area contributed by atoms with Gasteiger partial charge in [-0.1, -0.05) is 48.5 Å². The highest BCUT2D eigenvalue weighted by Gasteiger charge is 2.25. The zero-order valence-electron chi connectivity index (χ0n) is 14.4. The number of hydrogen-bond donors (Lipinski definition) is 1. The van der Waals surface area contributed by atoms with E-state index in [9.17, 15) is 19.7 Å². The van der Waals surface area contributed by atoms with Crippen LogP contribution in [-0.4, -0.2) is 30.0 Å². The number of esters is 1. The number of nitro groups is 1. The Labute approximate surface area is 151 Å². The van der Waals surface area contributed by atoms with Crippen molar-refractivity contribution in [2.45, 2.75) is 25.3 Å². The number of hydrogen-bond acceptors (Lipinski definition) is 5. The van der Waals surface area contributed by atoms with Crippen LogP contribution in [0.5, 0.6) is 0 Å². The molecule has 0 fully saturated rings. The summed E-state index contributed by atoms with van der Waals surface area (Å²) in [4.78, 5) is 34.8. The van der Waals surface area contributed by atoms with Crippen LogP contribution in [0.4, 0.5) is 5.69 Å². The second-order valence-electron chi connectivity index (χ2n) is 5.72. The summed E-state index contributed by atoms with van der Waals surface area (Å²) in [6.45, 7) is 0. The normalized spacial score (nSPS) is 11.4. The van der Waals surface area contributed by atoms with E-state index in [0.29, 0.717) is 12.0 Å². The molecular formula is C19H20N2O5. The quantitative estimate of drug-likeness (QED) is 0.445. The number of carbonyl (C=O) groups excluding carboxylic acids is 2. The summed E-state index contributed by atoms with van der Waals surface area (Å²) in [6, 6.07) is 14.6. The zero-order chi connectivity index (χ0) is 18.9. The van der Waals surface area contributed by atoms with Crippen LogP contribution in [0.2, 0.25) is 0 Å². The monoisotopic (exact) mass is 356 g/mol. The van der Waals surface area contributed by atoms with Gasteiger partial charge in [0.2, 0.25) is 5.91 Å². The maximum atomic E-state index is 12.2. The van der Waals surface area contributed by atoms with Crippen molar-refractivity contribution in [2.75, 3.05) is 7.11 Å². The van der Waals surface area contributed by atoms with Crippen molar-refractivity contribution in [3.8, 4) is 0 Å². The molecule has 0 heterocycles. The molecule has 7 heteroatoms. The number of aryl methyl sites for hydroxylation is 1. The first kappa shape index (κ1) is 19.1. The van der Waals surface area contributed by atoms with E-state index in [1.54, 1.807) is 18.2 Å². The van der Waals surface area contributed by atoms with Crippen LogP contribution in [0.1, 0.15) is 17.5 Å². The van der Waals surface area contributed by atoms with Crippen molar-refractivity contribution in [2.24, 2.45) is 0 Å². The molecule has 26 heavy (non-hydrogen) atoms. The summed E-state index contributed by atoms with van der Waals surface area (Å²) in [5.74, 6) is -0.959. The van der Waals surface area contributed by atoms with Crippen LogP contribution < -0.4 is 5.32 Å². The molecule has 0 unspecified atom stereocenters. The minimum Gasteiger partial charge on any atom is -0.467 e. The van der Waals surface area contributed by atoms with Crippen molar-refractivity contribution in [1.82, 2.24) is 5.32 Å². The summed E-state index contributed by atoms with van der Waals surface area (Å²) in [5, 5.41) is 13.7. The number of nitrogens with one attached hydrogen (secondary N) is 1. The van der Waals surface area contributed by atoms with E-state index in [1.165, 1.54) is 13.2 Å². The molecule has 2 aromatic rings. The number of nitro benzene ring substituents is 1. The van der Waals surface area contributed by atoms with Crippen molar-refractivity contribution in [3.63, 3.8) is 0 Å². The van der Waals surface area contributed by atoms with E-state index in [0.717, 1.165) is 5.56 Å². The van der Waals surface area contributed by atoms with Gasteiger partial charge in [0.25, 0.3) is 5.69 Å². The molecular weight excluding hydrogens is 336 g/mol. The number of amides is 1. The van der Waals surface area contributed by atoms with Crippen molar-refractivity contribution in [1.29, 1.82) is 0 Å². The number of benzene rings is 2. The third-order valence-corrected chi connectivity index (χ3v) is 3.92. The van der Waals surface area contributed by atoms with Crippen LogP contribution in [0.3, 0.4) is 0 Å². The SMILES string of the molecule is COC(=O)[C@H](Cc1ccccc1[N+](=O)[O-])NC(=O)CCc1ccccc1. The molecule has 0 bridgehead atoms. The maximum Gasteiger partial charge on any atom is 0.328 e. The zero-order valence-corrected chi connectivity index (χ0v) is 14.4. The average Bonchev–Trinajstić information content (AvgIpc) is 2.66. The molecule has 0 spiro atoms. The van der Waals surface area contributed by atoms with Gasteiger partial charge in [-0.25, -0.2) is 4.79 Å². The first-order valence-corrected chi connectivity index (χ1v) is 8.14. The van der Waals surface area contributed by atoms with Crippen molar-refractivity contribution < 1.29 is 19.2 Å². The molecule has 0 aliphatic rings. The van der Waals surface area contributed by atoms with Gasteiger partial charge in [-0.3, -0.25) is 14.9 Å². The lowest BCUT2D eigenvalue weighted by molar-refractivity contribution is -0.385. The first-order valence-electron chi connectivity index (χ1n) is 8.14. The topological polar surface area (TPSA) is 98.5 Å². The van der Waals surface area contributed by atoms with Crippen molar-refractivity contribution in [3.05, 3.63) is 75.8 Å². The fraction of sp³-hybridized carbons (Fsp3) is 0.263. The smallest absolute Gasteiger partial charge is 0.328 e. The van der Waals surface area contributed by atoms with E-state index in [4.69, 9.17) is 4.74 Å². The van der Waals surface area contributed by atoms with Gasteiger partial charge in [-0.05, 0) is 12.0 Å². The van der Waals surface area contributed by atoms with Gasteiger partial charge in [0.15, 0.2) is 0 Å². The largest absolute Gasteiger partial charge is 0.467 e. The van der Waals surface area contributed by atoms with Gasteiger partial charge in [0.1, 0.15) is 6.04 Å². The van der Waals surface area contributed by atoms with Gasteiger partial charge in [-0.2, -0.15) is 0 Å². The Bertz CT molecular complexity index is 777. The predicted molar refractivity (Wildman–Crippen MR) is 95.5 cm³/mol. The summed E-state index contributed by atoms with van der Waals surface area (Å²) in [7, 11) is 1.21. The van der Waals surface area contributed by atoms with E-state index < -0.39 is 16.9 Å².